The van der Waals surface area contributed by atoms with Crippen molar-refractivity contribution in [2.24, 2.45) is 5.73 Å². The SMILES string of the molecule is CSCCC(N)C(=O)NC(CO)C(=O)NCC(=O)NC(CCC(=O)O)C(=O)O. The first-order valence-electron chi connectivity index (χ1n) is 8.29. The third-order valence-electron chi connectivity index (χ3n) is 3.49. The fourth-order valence-electron chi connectivity index (χ4n) is 1.91. The number of amides is 3. The largest absolute Gasteiger partial charge is 0.481 e. The molecule has 0 aromatic heterocycles. The van der Waals surface area contributed by atoms with Gasteiger partial charge in [0, 0.05) is 6.42 Å². The van der Waals surface area contributed by atoms with Gasteiger partial charge in [0.05, 0.1) is 19.2 Å². The zero-order valence-corrected chi connectivity index (χ0v) is 16.2. The molecule has 160 valence electrons. The number of carboxylic acid groups (broad SMARTS) is 2. The van der Waals surface area contributed by atoms with Crippen molar-refractivity contribution in [3.8, 4) is 0 Å². The van der Waals surface area contributed by atoms with E-state index in [1.54, 1.807) is 0 Å². The van der Waals surface area contributed by atoms with Gasteiger partial charge in [-0.15, -0.1) is 0 Å². The van der Waals surface area contributed by atoms with Crippen LogP contribution in [0, 0.1) is 0 Å². The van der Waals surface area contributed by atoms with E-state index < -0.39 is 67.4 Å². The van der Waals surface area contributed by atoms with Gasteiger partial charge in [-0.2, -0.15) is 11.8 Å². The number of aliphatic hydroxyl groups excluding tert-OH is 1. The molecule has 0 heterocycles. The molecule has 0 aromatic carbocycles. The molecule has 0 radical (unpaired) electrons. The first kappa shape index (κ1) is 25.6. The van der Waals surface area contributed by atoms with Gasteiger partial charge in [-0.3, -0.25) is 19.2 Å². The molecular formula is C15H26N4O8S. The maximum Gasteiger partial charge on any atom is 0.326 e. The molecule has 0 bridgehead atoms. The minimum Gasteiger partial charge on any atom is -0.481 e. The fourth-order valence-corrected chi connectivity index (χ4v) is 2.40. The number of aliphatic carboxylic acids is 2. The van der Waals surface area contributed by atoms with E-state index in [1.807, 2.05) is 6.26 Å². The summed E-state index contributed by atoms with van der Waals surface area (Å²) in [5.74, 6) is -4.36. The van der Waals surface area contributed by atoms with E-state index in [-0.39, 0.29) is 6.42 Å². The Morgan fingerprint density at radius 2 is 1.64 bits per heavy atom. The monoisotopic (exact) mass is 422 g/mol. The molecule has 28 heavy (non-hydrogen) atoms. The second-order valence-electron chi connectivity index (χ2n) is 5.74. The predicted octanol–water partition coefficient (Wildman–Crippen LogP) is -2.91. The van der Waals surface area contributed by atoms with Crippen LogP contribution in [0.25, 0.3) is 0 Å². The molecule has 0 rings (SSSR count). The molecule has 13 heteroatoms. The number of thioether (sulfide) groups is 1. The lowest BCUT2D eigenvalue weighted by molar-refractivity contribution is -0.143. The third-order valence-corrected chi connectivity index (χ3v) is 4.13. The van der Waals surface area contributed by atoms with Crippen LogP contribution in [0.4, 0.5) is 0 Å². The van der Waals surface area contributed by atoms with Gasteiger partial charge in [0.25, 0.3) is 0 Å². The molecule has 3 unspecified atom stereocenters. The molecule has 3 atom stereocenters. The summed E-state index contributed by atoms with van der Waals surface area (Å²) in [6, 6.07) is -3.62. The van der Waals surface area contributed by atoms with E-state index in [2.05, 4.69) is 16.0 Å². The van der Waals surface area contributed by atoms with Crippen molar-refractivity contribution < 1.29 is 39.3 Å². The number of carboxylic acids is 2. The standard InChI is InChI=1S/C15H26N4O8S/c1-28-5-4-8(16)13(24)19-10(7-20)14(25)17-6-11(21)18-9(15(26)27)2-3-12(22)23/h8-10,20H,2-7,16H2,1H3,(H,17,25)(H,18,21)(H,19,24)(H,22,23)(H,26,27). The quantitative estimate of drug-likeness (QED) is 0.152. The number of aliphatic hydroxyl groups is 1. The van der Waals surface area contributed by atoms with Gasteiger partial charge in [0.1, 0.15) is 12.1 Å². The first-order chi connectivity index (χ1) is 13.1. The summed E-state index contributed by atoms with van der Waals surface area (Å²) in [6.07, 6.45) is 1.44. The maximum absolute atomic E-state index is 12.0. The molecule has 0 aliphatic rings. The number of carbonyl (C=O) groups excluding carboxylic acids is 3. The molecule has 0 saturated heterocycles. The Balaban J connectivity index is 4.53. The minimum atomic E-state index is -1.43. The topological polar surface area (TPSA) is 208 Å². The van der Waals surface area contributed by atoms with E-state index >= 15 is 0 Å². The number of nitrogens with one attached hydrogen (secondary N) is 3. The summed E-state index contributed by atoms with van der Waals surface area (Å²) < 4.78 is 0. The smallest absolute Gasteiger partial charge is 0.326 e. The Morgan fingerprint density at radius 3 is 2.14 bits per heavy atom. The van der Waals surface area contributed by atoms with Crippen molar-refractivity contribution in [1.82, 2.24) is 16.0 Å². The normalized spacial score (nSPS) is 13.7. The molecule has 3 amide bonds. The maximum atomic E-state index is 12.0. The van der Waals surface area contributed by atoms with Gasteiger partial charge in [-0.1, -0.05) is 0 Å². The minimum absolute atomic E-state index is 0.326. The second-order valence-corrected chi connectivity index (χ2v) is 6.73. The van der Waals surface area contributed by atoms with Crippen molar-refractivity contribution in [2.75, 3.05) is 25.2 Å². The van der Waals surface area contributed by atoms with Gasteiger partial charge in [-0.25, -0.2) is 4.79 Å². The summed E-state index contributed by atoms with van der Waals surface area (Å²) in [6.45, 7) is -1.36. The molecule has 0 fully saturated rings. The Labute approximate surface area is 165 Å². The summed E-state index contributed by atoms with van der Waals surface area (Å²) in [5.41, 5.74) is 5.66. The number of hydrogen-bond acceptors (Lipinski definition) is 8. The summed E-state index contributed by atoms with van der Waals surface area (Å²) >= 11 is 1.49. The average molecular weight is 422 g/mol. The molecule has 12 nitrogen and oxygen atoms in total. The van der Waals surface area contributed by atoms with Crippen LogP contribution >= 0.6 is 11.8 Å². The second kappa shape index (κ2) is 13.7. The van der Waals surface area contributed by atoms with Crippen molar-refractivity contribution in [1.29, 1.82) is 0 Å². The highest BCUT2D eigenvalue weighted by Gasteiger charge is 2.25. The molecule has 0 saturated carbocycles. The number of rotatable bonds is 14. The first-order valence-corrected chi connectivity index (χ1v) is 9.69. The molecule has 8 N–H and O–H groups in total. The zero-order valence-electron chi connectivity index (χ0n) is 15.3. The Kier molecular flexibility index (Phi) is 12.6. The summed E-state index contributed by atoms with van der Waals surface area (Å²) in [7, 11) is 0. The third kappa shape index (κ3) is 10.7. The van der Waals surface area contributed by atoms with Gasteiger partial charge < -0.3 is 37.0 Å². The number of nitrogens with two attached hydrogens (primary N) is 1. The molecule has 0 aliphatic carbocycles. The average Bonchev–Trinajstić information content (AvgIpc) is 2.64. The van der Waals surface area contributed by atoms with E-state index in [0.29, 0.717) is 12.2 Å². The van der Waals surface area contributed by atoms with E-state index in [9.17, 15) is 29.1 Å². The van der Waals surface area contributed by atoms with E-state index in [4.69, 9.17) is 15.9 Å². The van der Waals surface area contributed by atoms with Crippen LogP contribution in [0.3, 0.4) is 0 Å². The highest BCUT2D eigenvalue weighted by atomic mass is 32.2. The predicted molar refractivity (Wildman–Crippen MR) is 99.4 cm³/mol. The number of hydrogen-bond donors (Lipinski definition) is 7. The van der Waals surface area contributed by atoms with Crippen LogP contribution in [0.15, 0.2) is 0 Å². The number of carbonyl (C=O) groups is 5. The van der Waals surface area contributed by atoms with Crippen LogP contribution in [0.2, 0.25) is 0 Å². The van der Waals surface area contributed by atoms with Crippen LogP contribution in [-0.4, -0.2) is 88.3 Å². The van der Waals surface area contributed by atoms with E-state index in [0.717, 1.165) is 0 Å². The molecule has 0 spiro atoms. The van der Waals surface area contributed by atoms with Gasteiger partial charge in [0.15, 0.2) is 0 Å². The highest BCUT2D eigenvalue weighted by molar-refractivity contribution is 7.98. The molecular weight excluding hydrogens is 396 g/mol. The molecule has 0 aromatic rings. The van der Waals surface area contributed by atoms with E-state index in [1.165, 1.54) is 11.8 Å². The lowest BCUT2D eigenvalue weighted by atomic mass is 10.1. The van der Waals surface area contributed by atoms with Crippen molar-refractivity contribution >= 4 is 41.4 Å². The van der Waals surface area contributed by atoms with Gasteiger partial charge >= 0.3 is 11.9 Å². The summed E-state index contributed by atoms with van der Waals surface area (Å²) in [4.78, 5) is 57.1. The van der Waals surface area contributed by atoms with Crippen molar-refractivity contribution in [2.45, 2.75) is 37.4 Å². The van der Waals surface area contributed by atoms with Crippen molar-refractivity contribution in [3.05, 3.63) is 0 Å². The zero-order chi connectivity index (χ0) is 21.7. The Hall–Kier alpha value is -2.38. The fraction of sp³-hybridized carbons (Fsp3) is 0.667. The van der Waals surface area contributed by atoms with Crippen LogP contribution in [-0.2, 0) is 24.0 Å². The molecule has 0 aliphatic heterocycles. The van der Waals surface area contributed by atoms with Crippen LogP contribution in [0.5, 0.6) is 0 Å². The Bertz CT molecular complexity index is 574. The van der Waals surface area contributed by atoms with Gasteiger partial charge in [-0.05, 0) is 24.9 Å². The Morgan fingerprint density at radius 1 is 1.00 bits per heavy atom. The lowest BCUT2D eigenvalue weighted by Gasteiger charge is -2.19. The van der Waals surface area contributed by atoms with Gasteiger partial charge in [0.2, 0.25) is 17.7 Å². The summed E-state index contributed by atoms with van der Waals surface area (Å²) in [5, 5.41) is 33.3. The van der Waals surface area contributed by atoms with Crippen molar-refractivity contribution in [3.63, 3.8) is 0 Å². The van der Waals surface area contributed by atoms with Crippen LogP contribution in [0.1, 0.15) is 19.3 Å². The highest BCUT2D eigenvalue weighted by Crippen LogP contribution is 2.00. The van der Waals surface area contributed by atoms with Crippen LogP contribution < -0.4 is 21.7 Å². The lowest BCUT2D eigenvalue weighted by Crippen LogP contribution is -2.54.